The Morgan fingerprint density at radius 3 is 2.55 bits per heavy atom. The average molecular weight is 166 g/mol. The van der Waals surface area contributed by atoms with E-state index in [1.54, 1.807) is 11.8 Å². The molecule has 0 aliphatic heterocycles. The molecule has 0 spiro atoms. The maximum Gasteiger partial charge on any atom is 0.205 e. The van der Waals surface area contributed by atoms with Crippen molar-refractivity contribution in [3.05, 3.63) is 42.6 Å². The Morgan fingerprint density at radius 2 is 2.00 bits per heavy atom. The lowest BCUT2D eigenvalue weighted by atomic mass is 10.5. The fourth-order valence-corrected chi connectivity index (χ4v) is 1.42. The summed E-state index contributed by atoms with van der Waals surface area (Å²) < 4.78 is 2.15. The molecular formula is C9H12NS+. The molecule has 1 aromatic heterocycles. The molecule has 0 aliphatic carbocycles. The average Bonchev–Trinajstić information content (AvgIpc) is 2.07. The highest BCUT2D eigenvalue weighted by molar-refractivity contribution is 8.01. The summed E-state index contributed by atoms with van der Waals surface area (Å²) in [6.45, 7) is 5.82. The van der Waals surface area contributed by atoms with E-state index in [-0.39, 0.29) is 0 Å². The summed E-state index contributed by atoms with van der Waals surface area (Å²) >= 11 is 1.71. The van der Waals surface area contributed by atoms with Crippen LogP contribution in [0.25, 0.3) is 0 Å². The fourth-order valence-electron chi connectivity index (χ4n) is 0.864. The van der Waals surface area contributed by atoms with Crippen molar-refractivity contribution in [1.29, 1.82) is 0 Å². The Kier molecular flexibility index (Phi) is 3.17. The predicted octanol–water partition coefficient (Wildman–Crippen LogP) is 2.37. The van der Waals surface area contributed by atoms with Gasteiger partial charge in [-0.05, 0) is 5.41 Å². The van der Waals surface area contributed by atoms with Crippen LogP contribution in [0.4, 0.5) is 0 Å². The second-order valence-corrected chi connectivity index (χ2v) is 3.51. The van der Waals surface area contributed by atoms with Gasteiger partial charge in [0.1, 0.15) is 0 Å². The summed E-state index contributed by atoms with van der Waals surface area (Å²) in [6.07, 6.45) is 4.11. The molecule has 1 unspecified atom stereocenters. The smallest absolute Gasteiger partial charge is 0.193 e. The first-order valence-corrected chi connectivity index (χ1v) is 4.51. The van der Waals surface area contributed by atoms with Gasteiger partial charge in [-0.3, -0.25) is 0 Å². The fraction of sp³-hybridized carbons (Fsp3) is 0.222. The number of aromatic nitrogens is 1. The Balaban J connectivity index is 2.68. The molecular weight excluding hydrogens is 154 g/mol. The second kappa shape index (κ2) is 4.19. The van der Waals surface area contributed by atoms with Gasteiger partial charge in [0.2, 0.25) is 5.37 Å². The largest absolute Gasteiger partial charge is 0.205 e. The highest BCUT2D eigenvalue weighted by Gasteiger charge is 2.07. The Hall–Kier alpha value is -0.760. The lowest BCUT2D eigenvalue weighted by molar-refractivity contribution is -0.696. The van der Waals surface area contributed by atoms with E-state index in [0.717, 1.165) is 0 Å². The van der Waals surface area contributed by atoms with Gasteiger partial charge < -0.3 is 0 Å². The monoisotopic (exact) mass is 166 g/mol. The molecule has 0 radical (unpaired) electrons. The van der Waals surface area contributed by atoms with Crippen LogP contribution in [0.2, 0.25) is 0 Å². The van der Waals surface area contributed by atoms with Crippen LogP contribution >= 0.6 is 11.8 Å². The van der Waals surface area contributed by atoms with E-state index < -0.39 is 0 Å². The zero-order valence-corrected chi connectivity index (χ0v) is 7.42. The number of rotatable bonds is 3. The van der Waals surface area contributed by atoms with Crippen molar-refractivity contribution in [1.82, 2.24) is 0 Å². The summed E-state index contributed by atoms with van der Waals surface area (Å²) in [5.74, 6) is 0. The van der Waals surface area contributed by atoms with Gasteiger partial charge >= 0.3 is 0 Å². The Labute approximate surface area is 71.8 Å². The van der Waals surface area contributed by atoms with Crippen LogP contribution in [0.5, 0.6) is 0 Å². The second-order valence-electron chi connectivity index (χ2n) is 2.22. The van der Waals surface area contributed by atoms with E-state index in [1.807, 2.05) is 23.6 Å². The van der Waals surface area contributed by atoms with E-state index in [9.17, 15) is 0 Å². The molecule has 58 valence electrons. The van der Waals surface area contributed by atoms with E-state index in [1.165, 1.54) is 0 Å². The van der Waals surface area contributed by atoms with Crippen LogP contribution in [-0.2, 0) is 0 Å². The molecule has 0 bridgehead atoms. The minimum absolute atomic E-state index is 0.439. The number of hydrogen-bond acceptors (Lipinski definition) is 1. The van der Waals surface area contributed by atoms with Crippen molar-refractivity contribution in [3.8, 4) is 0 Å². The summed E-state index contributed by atoms with van der Waals surface area (Å²) in [5, 5.41) is 2.30. The standard InChI is InChI=1S/C9H12NS/c1-3-11-9(2)10-7-5-4-6-8-10/h3-9H,1H2,2H3/q+1. The molecule has 1 heterocycles. The van der Waals surface area contributed by atoms with Gasteiger partial charge in [-0.1, -0.05) is 24.4 Å². The Bertz CT molecular complexity index is 220. The van der Waals surface area contributed by atoms with Crippen molar-refractivity contribution in [3.63, 3.8) is 0 Å². The van der Waals surface area contributed by atoms with Crippen molar-refractivity contribution in [2.45, 2.75) is 12.3 Å². The number of nitrogens with zero attached hydrogens (tertiary/aromatic N) is 1. The van der Waals surface area contributed by atoms with Crippen molar-refractivity contribution < 1.29 is 4.57 Å². The molecule has 1 aromatic rings. The van der Waals surface area contributed by atoms with Crippen LogP contribution in [0.1, 0.15) is 12.3 Å². The zero-order chi connectivity index (χ0) is 8.10. The normalized spacial score (nSPS) is 12.5. The SMILES string of the molecule is C=CSC(C)[n+]1ccccc1. The number of hydrogen-bond donors (Lipinski definition) is 0. The van der Waals surface area contributed by atoms with Crippen molar-refractivity contribution in [2.24, 2.45) is 0 Å². The summed E-state index contributed by atoms with van der Waals surface area (Å²) in [7, 11) is 0. The van der Waals surface area contributed by atoms with E-state index in [4.69, 9.17) is 0 Å². The first-order valence-electron chi connectivity index (χ1n) is 3.56. The van der Waals surface area contributed by atoms with Gasteiger partial charge in [-0.15, -0.1) is 0 Å². The molecule has 0 N–H and O–H groups in total. The molecule has 1 rings (SSSR count). The van der Waals surface area contributed by atoms with Crippen LogP contribution in [-0.4, -0.2) is 0 Å². The molecule has 1 nitrogen and oxygen atoms in total. The molecule has 0 aliphatic rings. The van der Waals surface area contributed by atoms with Gasteiger partial charge in [-0.25, -0.2) is 0 Å². The lowest BCUT2D eigenvalue weighted by Crippen LogP contribution is -2.34. The molecule has 0 saturated carbocycles. The minimum Gasteiger partial charge on any atom is -0.193 e. The quantitative estimate of drug-likeness (QED) is 0.623. The first-order chi connectivity index (χ1) is 5.34. The zero-order valence-electron chi connectivity index (χ0n) is 6.60. The van der Waals surface area contributed by atoms with E-state index >= 15 is 0 Å². The molecule has 0 aromatic carbocycles. The minimum atomic E-state index is 0.439. The third-order valence-electron chi connectivity index (χ3n) is 1.45. The number of thioether (sulfide) groups is 1. The topological polar surface area (TPSA) is 3.88 Å². The van der Waals surface area contributed by atoms with Gasteiger partial charge in [0, 0.05) is 19.1 Å². The molecule has 0 fully saturated rings. The summed E-state index contributed by atoms with van der Waals surface area (Å²) in [4.78, 5) is 0. The van der Waals surface area contributed by atoms with E-state index in [0.29, 0.717) is 5.37 Å². The summed E-state index contributed by atoms with van der Waals surface area (Å²) in [6, 6.07) is 6.07. The predicted molar refractivity (Wildman–Crippen MR) is 49.1 cm³/mol. The van der Waals surface area contributed by atoms with Crippen molar-refractivity contribution in [2.75, 3.05) is 0 Å². The van der Waals surface area contributed by atoms with Crippen molar-refractivity contribution >= 4 is 11.8 Å². The van der Waals surface area contributed by atoms with Crippen LogP contribution in [0.15, 0.2) is 42.6 Å². The Morgan fingerprint density at radius 1 is 1.36 bits per heavy atom. The summed E-state index contributed by atoms with van der Waals surface area (Å²) in [5.41, 5.74) is 0. The molecule has 0 saturated heterocycles. The first kappa shape index (κ1) is 8.34. The van der Waals surface area contributed by atoms with Crippen LogP contribution in [0.3, 0.4) is 0 Å². The third kappa shape index (κ3) is 2.39. The maximum atomic E-state index is 3.68. The van der Waals surface area contributed by atoms with Gasteiger partial charge in [0.05, 0.1) is 0 Å². The van der Waals surface area contributed by atoms with Crippen LogP contribution < -0.4 is 4.57 Å². The van der Waals surface area contributed by atoms with Crippen LogP contribution in [0, 0.1) is 0 Å². The van der Waals surface area contributed by atoms with Gasteiger partial charge in [0.15, 0.2) is 12.4 Å². The maximum absolute atomic E-state index is 3.68. The van der Waals surface area contributed by atoms with Gasteiger partial charge in [-0.2, -0.15) is 4.57 Å². The number of pyridine rings is 1. The third-order valence-corrected chi connectivity index (χ3v) is 2.28. The van der Waals surface area contributed by atoms with E-state index in [2.05, 4.69) is 30.5 Å². The molecule has 11 heavy (non-hydrogen) atoms. The lowest BCUT2D eigenvalue weighted by Gasteiger charge is -2.01. The molecule has 2 heteroatoms. The molecule has 1 atom stereocenters. The highest BCUT2D eigenvalue weighted by atomic mass is 32.2. The van der Waals surface area contributed by atoms with Gasteiger partial charge in [0.25, 0.3) is 0 Å². The molecule has 0 amide bonds. The highest BCUT2D eigenvalue weighted by Crippen LogP contribution is 2.14.